The molecule has 0 saturated carbocycles. The molecule has 5 heteroatoms. The van der Waals surface area contributed by atoms with Crippen LogP contribution in [0.25, 0.3) is 11.0 Å². The second-order valence-electron chi connectivity index (χ2n) is 4.49. The van der Waals surface area contributed by atoms with Gasteiger partial charge in [-0.15, -0.1) is 12.4 Å². The fourth-order valence-electron chi connectivity index (χ4n) is 2.51. The molecule has 1 fully saturated rings. The molecular formula is C13H18ClN3O. The van der Waals surface area contributed by atoms with E-state index in [1.54, 1.807) is 7.11 Å². The number of nitrogens with zero attached hydrogens (tertiary/aromatic N) is 2. The van der Waals surface area contributed by atoms with Crippen molar-refractivity contribution in [3.05, 3.63) is 24.5 Å². The number of rotatable bonds is 2. The van der Waals surface area contributed by atoms with E-state index in [1.807, 2.05) is 18.5 Å². The van der Waals surface area contributed by atoms with E-state index in [4.69, 9.17) is 4.74 Å². The van der Waals surface area contributed by atoms with Crippen LogP contribution in [0.15, 0.2) is 24.5 Å². The first-order valence-corrected chi connectivity index (χ1v) is 6.10. The summed E-state index contributed by atoms with van der Waals surface area (Å²) in [5, 5.41) is 3.39. The number of piperidine rings is 1. The lowest BCUT2D eigenvalue weighted by Gasteiger charge is -2.24. The van der Waals surface area contributed by atoms with Gasteiger partial charge in [0.05, 0.1) is 24.5 Å². The maximum atomic E-state index is 5.28. The largest absolute Gasteiger partial charge is 0.497 e. The molecule has 0 unspecified atom stereocenters. The van der Waals surface area contributed by atoms with Gasteiger partial charge in [0.1, 0.15) is 5.75 Å². The topological polar surface area (TPSA) is 39.1 Å². The van der Waals surface area contributed by atoms with Crippen molar-refractivity contribution in [2.45, 2.75) is 18.9 Å². The zero-order valence-electron chi connectivity index (χ0n) is 10.4. The Hall–Kier alpha value is -1.26. The summed E-state index contributed by atoms with van der Waals surface area (Å²) < 4.78 is 7.57. The Labute approximate surface area is 113 Å². The summed E-state index contributed by atoms with van der Waals surface area (Å²) in [7, 11) is 1.70. The molecule has 18 heavy (non-hydrogen) atoms. The molecule has 0 radical (unpaired) electrons. The van der Waals surface area contributed by atoms with Crippen LogP contribution in [0, 0.1) is 0 Å². The van der Waals surface area contributed by atoms with Crippen molar-refractivity contribution in [2.24, 2.45) is 0 Å². The summed E-state index contributed by atoms with van der Waals surface area (Å²) in [6.07, 6.45) is 4.30. The highest BCUT2D eigenvalue weighted by molar-refractivity contribution is 5.85. The van der Waals surface area contributed by atoms with E-state index in [1.165, 1.54) is 18.4 Å². The first-order valence-electron chi connectivity index (χ1n) is 6.10. The first kappa shape index (κ1) is 13.2. The van der Waals surface area contributed by atoms with Crippen molar-refractivity contribution in [3.8, 4) is 5.75 Å². The minimum absolute atomic E-state index is 0. The van der Waals surface area contributed by atoms with Gasteiger partial charge in [0, 0.05) is 12.1 Å². The van der Waals surface area contributed by atoms with E-state index in [0.717, 1.165) is 24.4 Å². The number of aromatic nitrogens is 2. The van der Waals surface area contributed by atoms with Gasteiger partial charge in [-0.25, -0.2) is 4.98 Å². The predicted octanol–water partition coefficient (Wildman–Crippen LogP) is 2.39. The number of benzene rings is 1. The SMILES string of the molecule is COc1ccc2ncn(C3CCNCC3)c2c1.Cl. The van der Waals surface area contributed by atoms with Crippen LogP contribution in [-0.4, -0.2) is 29.8 Å². The van der Waals surface area contributed by atoms with Gasteiger partial charge in [0.25, 0.3) is 0 Å². The van der Waals surface area contributed by atoms with Crippen LogP contribution in [-0.2, 0) is 0 Å². The highest BCUT2D eigenvalue weighted by Gasteiger charge is 2.17. The third-order valence-corrected chi connectivity index (χ3v) is 3.48. The van der Waals surface area contributed by atoms with Crippen LogP contribution in [0.5, 0.6) is 5.75 Å². The van der Waals surface area contributed by atoms with Crippen molar-refractivity contribution >= 4 is 23.4 Å². The minimum atomic E-state index is 0. The van der Waals surface area contributed by atoms with Crippen molar-refractivity contribution in [3.63, 3.8) is 0 Å². The molecule has 3 rings (SSSR count). The molecule has 1 aromatic carbocycles. The number of nitrogens with one attached hydrogen (secondary N) is 1. The molecule has 4 nitrogen and oxygen atoms in total. The molecule has 0 amide bonds. The Morgan fingerprint density at radius 1 is 1.33 bits per heavy atom. The summed E-state index contributed by atoms with van der Waals surface area (Å²) in [6.45, 7) is 2.18. The van der Waals surface area contributed by atoms with Gasteiger partial charge >= 0.3 is 0 Å². The van der Waals surface area contributed by atoms with Gasteiger partial charge < -0.3 is 14.6 Å². The number of fused-ring (bicyclic) bond motifs is 1. The van der Waals surface area contributed by atoms with E-state index < -0.39 is 0 Å². The molecule has 1 aliphatic heterocycles. The van der Waals surface area contributed by atoms with Crippen molar-refractivity contribution in [1.82, 2.24) is 14.9 Å². The standard InChI is InChI=1S/C13H17N3O.ClH/c1-17-11-2-3-12-13(8-11)16(9-15-12)10-4-6-14-7-5-10;/h2-3,8-10,14H,4-7H2,1H3;1H. The molecule has 2 aromatic rings. The minimum Gasteiger partial charge on any atom is -0.497 e. The molecule has 1 saturated heterocycles. The lowest BCUT2D eigenvalue weighted by atomic mass is 10.1. The molecule has 0 atom stereocenters. The van der Waals surface area contributed by atoms with E-state index in [-0.39, 0.29) is 12.4 Å². The molecule has 0 spiro atoms. The first-order chi connectivity index (χ1) is 8.38. The number of hydrogen-bond acceptors (Lipinski definition) is 3. The zero-order valence-corrected chi connectivity index (χ0v) is 11.2. The summed E-state index contributed by atoms with van der Waals surface area (Å²) in [5.74, 6) is 0.896. The quantitative estimate of drug-likeness (QED) is 0.908. The fourth-order valence-corrected chi connectivity index (χ4v) is 2.51. The van der Waals surface area contributed by atoms with Crippen LogP contribution in [0.1, 0.15) is 18.9 Å². The smallest absolute Gasteiger partial charge is 0.121 e. The van der Waals surface area contributed by atoms with Gasteiger partial charge in [0.2, 0.25) is 0 Å². The molecule has 1 aromatic heterocycles. The molecule has 0 bridgehead atoms. The molecular weight excluding hydrogens is 250 g/mol. The maximum Gasteiger partial charge on any atom is 0.121 e. The highest BCUT2D eigenvalue weighted by atomic mass is 35.5. The fraction of sp³-hybridized carbons (Fsp3) is 0.462. The summed E-state index contributed by atoms with van der Waals surface area (Å²) >= 11 is 0. The van der Waals surface area contributed by atoms with Crippen molar-refractivity contribution < 1.29 is 4.74 Å². The van der Waals surface area contributed by atoms with Gasteiger partial charge in [-0.1, -0.05) is 0 Å². The highest BCUT2D eigenvalue weighted by Crippen LogP contribution is 2.26. The van der Waals surface area contributed by atoms with Gasteiger partial charge in [-0.2, -0.15) is 0 Å². The second-order valence-corrected chi connectivity index (χ2v) is 4.49. The zero-order chi connectivity index (χ0) is 11.7. The van der Waals surface area contributed by atoms with E-state index >= 15 is 0 Å². The maximum absolute atomic E-state index is 5.28. The Bertz CT molecular complexity index is 520. The summed E-state index contributed by atoms with van der Waals surface area (Å²) in [5.41, 5.74) is 2.22. The van der Waals surface area contributed by atoms with Gasteiger partial charge in [-0.3, -0.25) is 0 Å². The van der Waals surface area contributed by atoms with Gasteiger partial charge in [0.15, 0.2) is 0 Å². The van der Waals surface area contributed by atoms with Crippen LogP contribution < -0.4 is 10.1 Å². The third kappa shape index (κ3) is 2.31. The average molecular weight is 268 g/mol. The normalized spacial score (nSPS) is 16.5. The van der Waals surface area contributed by atoms with E-state index in [0.29, 0.717) is 6.04 Å². The predicted molar refractivity (Wildman–Crippen MR) is 74.7 cm³/mol. The number of methoxy groups -OCH3 is 1. The molecule has 2 heterocycles. The van der Waals surface area contributed by atoms with Crippen LogP contribution in [0.3, 0.4) is 0 Å². The summed E-state index contributed by atoms with van der Waals surface area (Å²) in [6, 6.07) is 6.62. The van der Waals surface area contributed by atoms with Crippen molar-refractivity contribution in [2.75, 3.05) is 20.2 Å². The Morgan fingerprint density at radius 3 is 2.83 bits per heavy atom. The molecule has 1 aliphatic rings. The summed E-state index contributed by atoms with van der Waals surface area (Å²) in [4.78, 5) is 4.46. The molecule has 0 aliphatic carbocycles. The van der Waals surface area contributed by atoms with Crippen LogP contribution in [0.4, 0.5) is 0 Å². The monoisotopic (exact) mass is 267 g/mol. The number of hydrogen-bond donors (Lipinski definition) is 1. The van der Waals surface area contributed by atoms with Crippen LogP contribution in [0.2, 0.25) is 0 Å². The third-order valence-electron chi connectivity index (χ3n) is 3.48. The second kappa shape index (κ2) is 5.59. The lowest BCUT2D eigenvalue weighted by molar-refractivity contribution is 0.374. The average Bonchev–Trinajstić information content (AvgIpc) is 2.82. The van der Waals surface area contributed by atoms with Crippen LogP contribution >= 0.6 is 12.4 Å². The Morgan fingerprint density at radius 2 is 2.11 bits per heavy atom. The number of halogens is 1. The van der Waals surface area contributed by atoms with E-state index in [2.05, 4.69) is 20.9 Å². The number of imidazole rings is 1. The number of ether oxygens (including phenoxy) is 1. The lowest BCUT2D eigenvalue weighted by Crippen LogP contribution is -2.29. The van der Waals surface area contributed by atoms with Crippen molar-refractivity contribution in [1.29, 1.82) is 0 Å². The van der Waals surface area contributed by atoms with E-state index in [9.17, 15) is 0 Å². The Balaban J connectivity index is 0.00000120. The van der Waals surface area contributed by atoms with Gasteiger partial charge in [-0.05, 0) is 38.1 Å². The Kier molecular flexibility index (Phi) is 4.09. The molecule has 98 valence electrons. The molecule has 1 N–H and O–H groups in total.